The molecule has 0 fully saturated rings. The van der Waals surface area contributed by atoms with E-state index < -0.39 is 6.16 Å². The second-order valence-electron chi connectivity index (χ2n) is 0.742. The van der Waals surface area contributed by atoms with Crippen molar-refractivity contribution in [3.8, 4) is 0 Å². The number of rotatable bonds is 0. The molecule has 0 radical (unpaired) electrons. The summed E-state index contributed by atoms with van der Waals surface area (Å²) in [4.78, 5) is 10.4. The molecule has 0 aliphatic heterocycles. The van der Waals surface area contributed by atoms with Crippen molar-refractivity contribution < 1.29 is 15.0 Å². The molecule has 0 aliphatic rings. The summed E-state index contributed by atoms with van der Waals surface area (Å²) in [6.07, 6.45) is 0.0833. The predicted molar refractivity (Wildman–Crippen MR) is 34.4 cm³/mol. The fraction of sp³-hybridized carbons (Fsp3) is 0.250. The van der Waals surface area contributed by atoms with Gasteiger partial charge >= 0.3 is 6.16 Å². The van der Waals surface area contributed by atoms with Crippen molar-refractivity contribution >= 4 is 22.1 Å². The van der Waals surface area contributed by atoms with E-state index in [1.54, 1.807) is 0 Å². The van der Waals surface area contributed by atoms with Crippen molar-refractivity contribution in [2.45, 2.75) is 6.92 Å². The summed E-state index contributed by atoms with van der Waals surface area (Å²) in [7, 11) is 0. The van der Waals surface area contributed by atoms with Crippen LogP contribution < -0.4 is 0 Å². The van der Waals surface area contributed by atoms with Crippen molar-refractivity contribution in [1.29, 1.82) is 0 Å². The highest BCUT2D eigenvalue weighted by Crippen LogP contribution is 1.76. The second kappa shape index (κ2) is 9.70. The molecule has 0 aromatic heterocycles. The van der Waals surface area contributed by atoms with E-state index in [0.717, 1.165) is 0 Å². The molecule has 0 aromatic rings. The van der Waals surface area contributed by atoms with E-state index in [9.17, 15) is 0 Å². The Morgan fingerprint density at radius 3 is 1.75 bits per heavy atom. The van der Waals surface area contributed by atoms with Crippen molar-refractivity contribution in [3.05, 3.63) is 11.1 Å². The molecule has 3 nitrogen and oxygen atoms in total. The van der Waals surface area contributed by atoms with Gasteiger partial charge in [0, 0.05) is 0 Å². The molecule has 0 amide bonds. The van der Waals surface area contributed by atoms with Crippen molar-refractivity contribution in [1.82, 2.24) is 0 Å². The molecule has 4 heteroatoms. The summed E-state index contributed by atoms with van der Waals surface area (Å²) in [5.41, 5.74) is 0. The number of allylic oxidation sites excluding steroid dienone is 1. The Morgan fingerprint density at radius 1 is 1.62 bits per heavy atom. The first-order valence-corrected chi connectivity index (χ1v) is 2.70. The lowest BCUT2D eigenvalue weighted by molar-refractivity contribution is 0.137. The molecule has 0 rings (SSSR count). The van der Waals surface area contributed by atoms with Gasteiger partial charge in [-0.25, -0.2) is 4.79 Å². The first kappa shape index (κ1) is 10.5. The monoisotopic (exact) mass is 182 g/mol. The van der Waals surface area contributed by atoms with Crippen molar-refractivity contribution in [3.63, 3.8) is 0 Å². The maximum absolute atomic E-state index is 8.56. The van der Waals surface area contributed by atoms with Gasteiger partial charge in [-0.05, 0) is 11.9 Å². The van der Waals surface area contributed by atoms with Gasteiger partial charge in [0.05, 0.1) is 0 Å². The first-order chi connectivity index (χ1) is 3.65. The summed E-state index contributed by atoms with van der Waals surface area (Å²) in [6.45, 7) is 1.95. The van der Waals surface area contributed by atoms with Gasteiger partial charge in [0.1, 0.15) is 0 Å². The van der Waals surface area contributed by atoms with Crippen LogP contribution in [0.5, 0.6) is 0 Å². The highest BCUT2D eigenvalue weighted by atomic mass is 79.9. The zero-order chi connectivity index (χ0) is 6.99. The predicted octanol–water partition coefficient (Wildman–Crippen LogP) is 2.14. The average Bonchev–Trinajstić information content (AvgIpc) is 1.65. The van der Waals surface area contributed by atoms with Crippen LogP contribution >= 0.6 is 15.9 Å². The number of halogens is 1. The Hall–Kier alpha value is -0.510. The van der Waals surface area contributed by atoms with E-state index in [1.807, 2.05) is 18.0 Å². The molecular formula is C4H7BrO3. The molecule has 0 saturated carbocycles. The minimum absolute atomic E-state index is 1.81. The number of hydrogen-bond acceptors (Lipinski definition) is 1. The summed E-state index contributed by atoms with van der Waals surface area (Å²) in [5, 5.41) is 13.9. The Labute approximate surface area is 55.8 Å². The number of carbonyl (C=O) groups is 1. The molecule has 0 bridgehead atoms. The van der Waals surface area contributed by atoms with Gasteiger partial charge in [-0.1, -0.05) is 22.0 Å². The topological polar surface area (TPSA) is 57.5 Å². The van der Waals surface area contributed by atoms with Crippen LogP contribution in [0.1, 0.15) is 6.92 Å². The lowest BCUT2D eigenvalue weighted by Gasteiger charge is -1.60. The summed E-state index contributed by atoms with van der Waals surface area (Å²) in [5.74, 6) is 0. The fourth-order valence-electron chi connectivity index (χ4n) is 0. The minimum Gasteiger partial charge on any atom is -0.450 e. The van der Waals surface area contributed by atoms with Crippen LogP contribution in [0.3, 0.4) is 0 Å². The van der Waals surface area contributed by atoms with Crippen LogP contribution in [0.4, 0.5) is 4.79 Å². The molecule has 0 unspecified atom stereocenters. The highest BCUT2D eigenvalue weighted by molar-refractivity contribution is 9.11. The summed E-state index contributed by atoms with van der Waals surface area (Å²) in [6, 6.07) is 0. The highest BCUT2D eigenvalue weighted by Gasteiger charge is 1.70. The molecule has 48 valence electrons. The van der Waals surface area contributed by atoms with Gasteiger partial charge < -0.3 is 10.2 Å². The van der Waals surface area contributed by atoms with Crippen LogP contribution in [-0.4, -0.2) is 16.4 Å². The zero-order valence-corrected chi connectivity index (χ0v) is 5.92. The van der Waals surface area contributed by atoms with Crippen molar-refractivity contribution in [2.24, 2.45) is 0 Å². The normalized spacial score (nSPS) is 7.75. The maximum Gasteiger partial charge on any atom is 0.503 e. The Balaban J connectivity index is 0. The van der Waals surface area contributed by atoms with Crippen molar-refractivity contribution in [2.75, 3.05) is 0 Å². The van der Waals surface area contributed by atoms with E-state index in [1.165, 1.54) is 0 Å². The fourth-order valence-corrected chi connectivity index (χ4v) is 0. The molecule has 0 aromatic carbocycles. The Morgan fingerprint density at radius 2 is 1.75 bits per heavy atom. The van der Waals surface area contributed by atoms with Gasteiger partial charge in [-0.2, -0.15) is 0 Å². The SMILES string of the molecule is CC=CBr.O=C(O)O. The van der Waals surface area contributed by atoms with Gasteiger partial charge in [0.15, 0.2) is 0 Å². The second-order valence-corrected chi connectivity index (χ2v) is 1.27. The molecule has 0 spiro atoms. The van der Waals surface area contributed by atoms with E-state index in [4.69, 9.17) is 15.0 Å². The summed E-state index contributed by atoms with van der Waals surface area (Å²) >= 11 is 3.07. The third kappa shape index (κ3) is 461. The Kier molecular flexibility index (Phi) is 12.7. The van der Waals surface area contributed by atoms with Crippen LogP contribution in [0.2, 0.25) is 0 Å². The molecule has 0 heterocycles. The van der Waals surface area contributed by atoms with Gasteiger partial charge in [-0.15, -0.1) is 0 Å². The molecular weight excluding hydrogens is 176 g/mol. The Bertz CT molecular complexity index is 71.4. The molecule has 0 atom stereocenters. The van der Waals surface area contributed by atoms with E-state index in [-0.39, 0.29) is 0 Å². The first-order valence-electron chi connectivity index (χ1n) is 1.78. The minimum atomic E-state index is -1.83. The van der Waals surface area contributed by atoms with E-state index >= 15 is 0 Å². The summed E-state index contributed by atoms with van der Waals surface area (Å²) < 4.78 is 0. The largest absolute Gasteiger partial charge is 0.503 e. The lowest BCUT2D eigenvalue weighted by atomic mass is 10.8. The van der Waals surface area contributed by atoms with Crippen LogP contribution in [0.15, 0.2) is 11.1 Å². The smallest absolute Gasteiger partial charge is 0.450 e. The van der Waals surface area contributed by atoms with Crippen LogP contribution in [0, 0.1) is 0 Å². The zero-order valence-electron chi connectivity index (χ0n) is 4.34. The third-order valence-electron chi connectivity index (χ3n) is 0.126. The quantitative estimate of drug-likeness (QED) is 0.604. The standard InChI is InChI=1S/C3H5Br.CH2O3/c1-2-3-4;2-1(3)4/h2-3H,1H3;(H2,2,3,4). The van der Waals surface area contributed by atoms with Crippen LogP contribution in [-0.2, 0) is 0 Å². The maximum atomic E-state index is 8.56. The molecule has 8 heavy (non-hydrogen) atoms. The number of carboxylic acid groups (broad SMARTS) is 2. The molecule has 0 saturated heterocycles. The van der Waals surface area contributed by atoms with Gasteiger partial charge in [0.25, 0.3) is 0 Å². The van der Waals surface area contributed by atoms with Crippen LogP contribution in [0.25, 0.3) is 0 Å². The average molecular weight is 183 g/mol. The molecule has 2 N–H and O–H groups in total. The van der Waals surface area contributed by atoms with Gasteiger partial charge in [0.2, 0.25) is 0 Å². The number of hydrogen-bond donors (Lipinski definition) is 2. The van der Waals surface area contributed by atoms with Gasteiger partial charge in [-0.3, -0.25) is 0 Å². The molecule has 0 aliphatic carbocycles. The lowest BCUT2D eigenvalue weighted by Crippen LogP contribution is -1.81. The third-order valence-corrected chi connectivity index (χ3v) is 0.655. The van der Waals surface area contributed by atoms with E-state index in [2.05, 4.69) is 15.9 Å². The van der Waals surface area contributed by atoms with E-state index in [0.29, 0.717) is 0 Å².